The molecule has 108 valence electrons. The van der Waals surface area contributed by atoms with E-state index in [2.05, 4.69) is 23.5 Å². The van der Waals surface area contributed by atoms with Gasteiger partial charge in [0.15, 0.2) is 0 Å². The second-order valence-electron chi connectivity index (χ2n) is 5.08. The van der Waals surface area contributed by atoms with Gasteiger partial charge in [0.2, 0.25) is 0 Å². The number of hydrogen-bond donors (Lipinski definition) is 2. The van der Waals surface area contributed by atoms with E-state index in [4.69, 9.17) is 5.41 Å². The van der Waals surface area contributed by atoms with Gasteiger partial charge in [-0.1, -0.05) is 72.8 Å². The van der Waals surface area contributed by atoms with Crippen LogP contribution in [0.2, 0.25) is 0 Å². The Bertz CT molecular complexity index is 792. The van der Waals surface area contributed by atoms with Crippen molar-refractivity contribution >= 4 is 11.4 Å². The Morgan fingerprint density at radius 3 is 2.05 bits per heavy atom. The maximum Gasteiger partial charge on any atom is 0.0711 e. The lowest BCUT2D eigenvalue weighted by molar-refractivity contribution is 1.42. The minimum absolute atomic E-state index is 0.532. The summed E-state index contributed by atoms with van der Waals surface area (Å²) in [5.74, 6) is 0. The van der Waals surface area contributed by atoms with Crippen LogP contribution in [0.15, 0.2) is 78.9 Å². The van der Waals surface area contributed by atoms with E-state index in [9.17, 15) is 0 Å². The molecule has 0 amide bonds. The molecule has 0 unspecified atom stereocenters. The largest absolute Gasteiger partial charge is 0.388 e. The molecule has 3 aromatic carbocycles. The molecular weight excluding hydrogens is 268 g/mol. The fraction of sp³-hybridized carbons (Fsp3) is 0.0500. The molecule has 0 aliphatic carbocycles. The SMILES string of the molecule is CNc1ccccc1C(=N)c1ccccc1-c1ccccc1. The van der Waals surface area contributed by atoms with E-state index in [0.717, 1.165) is 27.9 Å². The number of rotatable bonds is 4. The predicted octanol–water partition coefficient (Wildman–Crippen LogP) is 4.81. The summed E-state index contributed by atoms with van der Waals surface area (Å²) in [4.78, 5) is 0. The molecule has 0 fully saturated rings. The summed E-state index contributed by atoms with van der Waals surface area (Å²) in [5, 5.41) is 11.8. The van der Waals surface area contributed by atoms with Crippen LogP contribution in [0.4, 0.5) is 5.69 Å². The first-order valence-corrected chi connectivity index (χ1v) is 7.32. The number of nitrogens with one attached hydrogen (secondary N) is 2. The van der Waals surface area contributed by atoms with Gasteiger partial charge in [-0.2, -0.15) is 0 Å². The Labute approximate surface area is 131 Å². The van der Waals surface area contributed by atoms with Gasteiger partial charge in [-0.05, 0) is 17.2 Å². The average Bonchev–Trinajstić information content (AvgIpc) is 2.62. The Kier molecular flexibility index (Phi) is 4.01. The highest BCUT2D eigenvalue weighted by Gasteiger charge is 2.13. The van der Waals surface area contributed by atoms with Gasteiger partial charge in [0.05, 0.1) is 5.71 Å². The normalized spacial score (nSPS) is 10.2. The maximum atomic E-state index is 8.67. The van der Waals surface area contributed by atoms with Gasteiger partial charge in [0.1, 0.15) is 0 Å². The smallest absolute Gasteiger partial charge is 0.0711 e. The second-order valence-corrected chi connectivity index (χ2v) is 5.08. The van der Waals surface area contributed by atoms with E-state index in [0.29, 0.717) is 5.71 Å². The molecule has 0 spiro atoms. The van der Waals surface area contributed by atoms with Crippen LogP contribution in [0.25, 0.3) is 11.1 Å². The van der Waals surface area contributed by atoms with Crippen molar-refractivity contribution in [2.45, 2.75) is 0 Å². The monoisotopic (exact) mass is 286 g/mol. The van der Waals surface area contributed by atoms with Crippen LogP contribution in [-0.2, 0) is 0 Å². The van der Waals surface area contributed by atoms with Crippen molar-refractivity contribution in [2.75, 3.05) is 12.4 Å². The van der Waals surface area contributed by atoms with Crippen molar-refractivity contribution < 1.29 is 0 Å². The van der Waals surface area contributed by atoms with Crippen molar-refractivity contribution in [3.8, 4) is 11.1 Å². The second kappa shape index (κ2) is 6.27. The lowest BCUT2D eigenvalue weighted by Gasteiger charge is -2.14. The van der Waals surface area contributed by atoms with E-state index < -0.39 is 0 Å². The topological polar surface area (TPSA) is 35.9 Å². The molecule has 0 atom stereocenters. The Morgan fingerprint density at radius 2 is 1.32 bits per heavy atom. The number of para-hydroxylation sites is 1. The zero-order valence-electron chi connectivity index (χ0n) is 12.5. The third-order valence-corrected chi connectivity index (χ3v) is 3.75. The number of anilines is 1. The molecule has 2 heteroatoms. The maximum absolute atomic E-state index is 8.67. The van der Waals surface area contributed by atoms with Gasteiger partial charge in [0, 0.05) is 23.9 Å². The van der Waals surface area contributed by atoms with E-state index in [-0.39, 0.29) is 0 Å². The third kappa shape index (κ3) is 2.63. The lowest BCUT2D eigenvalue weighted by atomic mass is 9.93. The van der Waals surface area contributed by atoms with E-state index in [1.807, 2.05) is 67.7 Å². The van der Waals surface area contributed by atoms with E-state index in [1.165, 1.54) is 0 Å². The molecular formula is C20H18N2. The molecule has 0 aliphatic rings. The molecule has 3 aromatic rings. The van der Waals surface area contributed by atoms with E-state index in [1.54, 1.807) is 0 Å². The minimum atomic E-state index is 0.532. The van der Waals surface area contributed by atoms with Gasteiger partial charge < -0.3 is 5.32 Å². The average molecular weight is 286 g/mol. The highest BCUT2D eigenvalue weighted by Crippen LogP contribution is 2.27. The van der Waals surface area contributed by atoms with Gasteiger partial charge in [-0.3, -0.25) is 5.41 Å². The molecule has 0 radical (unpaired) electrons. The third-order valence-electron chi connectivity index (χ3n) is 3.75. The van der Waals surface area contributed by atoms with Crippen LogP contribution in [0.3, 0.4) is 0 Å². The zero-order valence-corrected chi connectivity index (χ0v) is 12.5. The van der Waals surface area contributed by atoms with Crippen molar-refractivity contribution in [1.29, 1.82) is 5.41 Å². The molecule has 0 bridgehead atoms. The highest BCUT2D eigenvalue weighted by molar-refractivity contribution is 6.17. The molecule has 0 saturated heterocycles. The fourth-order valence-corrected chi connectivity index (χ4v) is 2.63. The molecule has 22 heavy (non-hydrogen) atoms. The molecule has 3 rings (SSSR count). The molecule has 2 N–H and O–H groups in total. The van der Waals surface area contributed by atoms with Crippen molar-refractivity contribution in [3.05, 3.63) is 90.0 Å². The molecule has 0 heterocycles. The van der Waals surface area contributed by atoms with Crippen molar-refractivity contribution in [1.82, 2.24) is 0 Å². The van der Waals surface area contributed by atoms with Crippen molar-refractivity contribution in [2.24, 2.45) is 0 Å². The van der Waals surface area contributed by atoms with Crippen molar-refractivity contribution in [3.63, 3.8) is 0 Å². The summed E-state index contributed by atoms with van der Waals surface area (Å²) in [5.41, 5.74) is 5.56. The first kappa shape index (κ1) is 14.1. The van der Waals surface area contributed by atoms with Crippen LogP contribution in [0, 0.1) is 5.41 Å². The lowest BCUT2D eigenvalue weighted by Crippen LogP contribution is -2.07. The van der Waals surface area contributed by atoms with Crippen LogP contribution < -0.4 is 5.32 Å². The van der Waals surface area contributed by atoms with Crippen LogP contribution in [0.5, 0.6) is 0 Å². The molecule has 0 aliphatic heterocycles. The summed E-state index contributed by atoms with van der Waals surface area (Å²) in [7, 11) is 1.88. The molecule has 2 nitrogen and oxygen atoms in total. The van der Waals surface area contributed by atoms with Crippen LogP contribution >= 0.6 is 0 Å². The standard InChI is InChI=1S/C20H18N2/c1-22-19-14-8-7-13-18(19)20(21)17-12-6-5-11-16(17)15-9-3-2-4-10-15/h2-14,21-22H,1H3. The van der Waals surface area contributed by atoms with Gasteiger partial charge in [0.25, 0.3) is 0 Å². The first-order valence-electron chi connectivity index (χ1n) is 7.32. The Balaban J connectivity index is 2.11. The first-order chi connectivity index (χ1) is 10.8. The molecule has 0 saturated carbocycles. The minimum Gasteiger partial charge on any atom is -0.388 e. The Hall–Kier alpha value is -2.87. The van der Waals surface area contributed by atoms with E-state index >= 15 is 0 Å². The highest BCUT2D eigenvalue weighted by atomic mass is 14.8. The summed E-state index contributed by atoms with van der Waals surface area (Å²) < 4.78 is 0. The predicted molar refractivity (Wildman–Crippen MR) is 93.8 cm³/mol. The quantitative estimate of drug-likeness (QED) is 0.663. The summed E-state index contributed by atoms with van der Waals surface area (Å²) in [6.07, 6.45) is 0. The fourth-order valence-electron chi connectivity index (χ4n) is 2.63. The van der Waals surface area contributed by atoms with Gasteiger partial charge in [-0.25, -0.2) is 0 Å². The van der Waals surface area contributed by atoms with Gasteiger partial charge in [-0.15, -0.1) is 0 Å². The van der Waals surface area contributed by atoms with Crippen LogP contribution in [-0.4, -0.2) is 12.8 Å². The summed E-state index contributed by atoms with van der Waals surface area (Å²) >= 11 is 0. The number of hydrogen-bond acceptors (Lipinski definition) is 2. The van der Waals surface area contributed by atoms with Gasteiger partial charge >= 0.3 is 0 Å². The summed E-state index contributed by atoms with van der Waals surface area (Å²) in [6.45, 7) is 0. The Morgan fingerprint density at radius 1 is 0.727 bits per heavy atom. The summed E-state index contributed by atoms with van der Waals surface area (Å²) in [6, 6.07) is 26.2. The zero-order chi connectivity index (χ0) is 15.4. The molecule has 0 aromatic heterocycles. The van der Waals surface area contributed by atoms with Crippen LogP contribution in [0.1, 0.15) is 11.1 Å². The number of benzene rings is 3.